The third kappa shape index (κ3) is 3.44. The number of hydrogen-bond donors (Lipinski definition) is 1. The highest BCUT2D eigenvalue weighted by atomic mass is 32.2. The maximum absolute atomic E-state index is 12.6. The zero-order valence-corrected chi connectivity index (χ0v) is 13.6. The van der Waals surface area contributed by atoms with Gasteiger partial charge >= 0.3 is 0 Å². The number of nitrogens with zero attached hydrogens (tertiary/aromatic N) is 1. The lowest BCUT2D eigenvalue weighted by molar-refractivity contribution is -0.114. The van der Waals surface area contributed by atoms with Gasteiger partial charge in [0, 0.05) is 6.07 Å². The molecule has 0 spiro atoms. The molecule has 1 atom stereocenters. The average Bonchev–Trinajstić information content (AvgIpc) is 2.91. The van der Waals surface area contributed by atoms with Crippen LogP contribution in [0.25, 0.3) is 0 Å². The van der Waals surface area contributed by atoms with Gasteiger partial charge in [-0.3, -0.25) is 10.1 Å². The summed E-state index contributed by atoms with van der Waals surface area (Å²) in [6.07, 6.45) is 2.24. The first kappa shape index (κ1) is 15.7. The molecule has 0 bridgehead atoms. The first-order chi connectivity index (χ1) is 11.0. The fraction of sp³-hybridized carbons (Fsp3) is 0.375. The lowest BCUT2D eigenvalue weighted by Gasteiger charge is -2.25. The number of nitrogens with one attached hydrogen (secondary N) is 1. The summed E-state index contributed by atoms with van der Waals surface area (Å²) in [5.74, 6) is -1.01. The van der Waals surface area contributed by atoms with Crippen LogP contribution >= 0.6 is 0 Å². The van der Waals surface area contributed by atoms with Crippen LogP contribution in [0.15, 0.2) is 34.9 Å². The number of anilines is 1. The quantitative estimate of drug-likeness (QED) is 0.927. The van der Waals surface area contributed by atoms with Crippen LogP contribution in [0, 0.1) is 6.92 Å². The van der Waals surface area contributed by atoms with Crippen LogP contribution in [0.4, 0.5) is 5.88 Å². The fourth-order valence-corrected chi connectivity index (χ4v) is 4.74. The molecule has 0 saturated carbocycles. The van der Waals surface area contributed by atoms with Gasteiger partial charge in [-0.05, 0) is 37.3 Å². The van der Waals surface area contributed by atoms with E-state index in [1.165, 1.54) is 0 Å². The van der Waals surface area contributed by atoms with Gasteiger partial charge in [-0.15, -0.1) is 0 Å². The number of amides is 1. The summed E-state index contributed by atoms with van der Waals surface area (Å²) in [6.45, 7) is 1.72. The number of sulfone groups is 1. The lowest BCUT2D eigenvalue weighted by atomic mass is 9.91. The monoisotopic (exact) mass is 334 g/mol. The number of aryl methyl sites for hydroxylation is 2. The number of benzene rings is 1. The normalized spacial score (nSPS) is 17.5. The molecule has 0 fully saturated rings. The average molecular weight is 334 g/mol. The summed E-state index contributed by atoms with van der Waals surface area (Å²) in [7, 11) is -3.58. The van der Waals surface area contributed by atoms with Crippen molar-refractivity contribution in [1.29, 1.82) is 0 Å². The standard InChI is InChI=1S/C16H18N2O4S/c1-11-9-16(22-18-11)17-15(19)10-23(20,21)14-8-4-6-12-5-2-3-7-13(12)14/h2-3,5,7,9,14H,4,6,8,10H2,1H3,(H,17,19)/t14-/m1/s1. The highest BCUT2D eigenvalue weighted by Gasteiger charge is 2.33. The van der Waals surface area contributed by atoms with E-state index in [2.05, 4.69) is 10.5 Å². The Morgan fingerprint density at radius 1 is 1.39 bits per heavy atom. The van der Waals surface area contributed by atoms with E-state index in [9.17, 15) is 13.2 Å². The topological polar surface area (TPSA) is 89.3 Å². The fourth-order valence-electron chi connectivity index (χ4n) is 2.96. The van der Waals surface area contributed by atoms with Crippen molar-refractivity contribution in [3.05, 3.63) is 47.2 Å². The number of hydrogen-bond acceptors (Lipinski definition) is 5. The Morgan fingerprint density at radius 2 is 2.17 bits per heavy atom. The van der Waals surface area contributed by atoms with Crippen LogP contribution in [-0.2, 0) is 21.1 Å². The van der Waals surface area contributed by atoms with Crippen molar-refractivity contribution < 1.29 is 17.7 Å². The van der Waals surface area contributed by atoms with Crippen molar-refractivity contribution in [2.45, 2.75) is 31.4 Å². The second-order valence-corrected chi connectivity index (χ2v) is 7.95. The molecule has 7 heteroatoms. The molecule has 122 valence electrons. The summed E-state index contributed by atoms with van der Waals surface area (Å²) in [4.78, 5) is 12.0. The Labute approximate surface area is 134 Å². The molecular weight excluding hydrogens is 316 g/mol. The Balaban J connectivity index is 1.76. The van der Waals surface area contributed by atoms with Gasteiger partial charge in [-0.25, -0.2) is 8.42 Å². The Hall–Kier alpha value is -2.15. The molecule has 1 aromatic carbocycles. The molecule has 0 saturated heterocycles. The van der Waals surface area contributed by atoms with E-state index < -0.39 is 26.7 Å². The van der Waals surface area contributed by atoms with Gasteiger partial charge in [0.05, 0.1) is 10.9 Å². The van der Waals surface area contributed by atoms with E-state index in [4.69, 9.17) is 4.52 Å². The van der Waals surface area contributed by atoms with Gasteiger partial charge in [0.1, 0.15) is 5.75 Å². The number of carbonyl (C=O) groups is 1. The highest BCUT2D eigenvalue weighted by molar-refractivity contribution is 7.92. The van der Waals surface area contributed by atoms with Gasteiger partial charge in [-0.1, -0.05) is 29.4 Å². The van der Waals surface area contributed by atoms with Crippen LogP contribution in [0.2, 0.25) is 0 Å². The summed E-state index contributed by atoms with van der Waals surface area (Å²) in [5, 5.41) is 5.47. The van der Waals surface area contributed by atoms with Crippen molar-refractivity contribution in [1.82, 2.24) is 5.16 Å². The maximum Gasteiger partial charge on any atom is 0.241 e. The van der Waals surface area contributed by atoms with E-state index in [0.29, 0.717) is 12.1 Å². The first-order valence-corrected chi connectivity index (χ1v) is 9.20. The predicted molar refractivity (Wildman–Crippen MR) is 85.8 cm³/mol. The van der Waals surface area contributed by atoms with E-state index in [1.807, 2.05) is 24.3 Å². The molecule has 1 heterocycles. The van der Waals surface area contributed by atoms with E-state index in [-0.39, 0.29) is 5.88 Å². The van der Waals surface area contributed by atoms with Crippen LogP contribution in [0.5, 0.6) is 0 Å². The Morgan fingerprint density at radius 3 is 2.91 bits per heavy atom. The molecule has 1 aliphatic rings. The largest absolute Gasteiger partial charge is 0.338 e. The predicted octanol–water partition coefficient (Wildman–Crippen LogP) is 2.41. The molecule has 1 aromatic heterocycles. The zero-order chi connectivity index (χ0) is 16.4. The van der Waals surface area contributed by atoms with Crippen molar-refractivity contribution in [3.63, 3.8) is 0 Å². The van der Waals surface area contributed by atoms with Gasteiger partial charge < -0.3 is 4.52 Å². The van der Waals surface area contributed by atoms with Gasteiger partial charge in [0.25, 0.3) is 0 Å². The minimum absolute atomic E-state index is 0.159. The van der Waals surface area contributed by atoms with Crippen molar-refractivity contribution in [2.24, 2.45) is 0 Å². The van der Waals surface area contributed by atoms with Crippen LogP contribution < -0.4 is 5.32 Å². The molecule has 1 N–H and O–H groups in total. The molecular formula is C16H18N2O4S. The van der Waals surface area contributed by atoms with Crippen molar-refractivity contribution in [3.8, 4) is 0 Å². The molecule has 23 heavy (non-hydrogen) atoms. The van der Waals surface area contributed by atoms with Crippen LogP contribution in [-0.4, -0.2) is 25.2 Å². The molecule has 0 unspecified atom stereocenters. The number of carbonyl (C=O) groups excluding carboxylic acids is 1. The summed E-state index contributed by atoms with van der Waals surface area (Å²) >= 11 is 0. The second kappa shape index (κ2) is 6.16. The van der Waals surface area contributed by atoms with Crippen LogP contribution in [0.1, 0.15) is 34.9 Å². The number of fused-ring (bicyclic) bond motifs is 1. The second-order valence-electron chi connectivity index (χ2n) is 5.77. The molecule has 3 rings (SSSR count). The molecule has 0 radical (unpaired) electrons. The Bertz CT molecular complexity index is 826. The Kier molecular flexibility index (Phi) is 4.21. The molecule has 1 amide bonds. The van der Waals surface area contributed by atoms with E-state index >= 15 is 0 Å². The SMILES string of the molecule is Cc1cc(NC(=O)CS(=O)(=O)[C@@H]2CCCc3ccccc32)on1. The molecule has 6 nitrogen and oxygen atoms in total. The summed E-state index contributed by atoms with van der Waals surface area (Å²) in [6, 6.07) is 9.08. The first-order valence-electron chi connectivity index (χ1n) is 7.48. The van der Waals surface area contributed by atoms with Gasteiger partial charge in [0.15, 0.2) is 9.84 Å². The van der Waals surface area contributed by atoms with E-state index in [0.717, 1.165) is 24.0 Å². The van der Waals surface area contributed by atoms with E-state index in [1.54, 1.807) is 13.0 Å². The molecule has 1 aliphatic carbocycles. The third-order valence-corrected chi connectivity index (χ3v) is 5.99. The highest BCUT2D eigenvalue weighted by Crippen LogP contribution is 2.35. The minimum Gasteiger partial charge on any atom is -0.338 e. The number of rotatable bonds is 4. The number of aromatic nitrogens is 1. The van der Waals surface area contributed by atoms with Crippen molar-refractivity contribution in [2.75, 3.05) is 11.1 Å². The smallest absolute Gasteiger partial charge is 0.241 e. The third-order valence-electron chi connectivity index (χ3n) is 3.97. The summed E-state index contributed by atoms with van der Waals surface area (Å²) in [5.41, 5.74) is 2.49. The summed E-state index contributed by atoms with van der Waals surface area (Å²) < 4.78 is 30.2. The molecule has 2 aromatic rings. The maximum atomic E-state index is 12.6. The zero-order valence-electron chi connectivity index (χ0n) is 12.8. The molecule has 0 aliphatic heterocycles. The van der Waals surface area contributed by atoms with Gasteiger partial charge in [0.2, 0.25) is 11.8 Å². The van der Waals surface area contributed by atoms with Gasteiger partial charge in [-0.2, -0.15) is 0 Å². The minimum atomic E-state index is -3.58. The van der Waals surface area contributed by atoms with Crippen LogP contribution in [0.3, 0.4) is 0 Å². The lowest BCUT2D eigenvalue weighted by Crippen LogP contribution is -2.28. The van der Waals surface area contributed by atoms with Crippen molar-refractivity contribution >= 4 is 21.6 Å².